The third-order valence-corrected chi connectivity index (χ3v) is 3.41. The predicted octanol–water partition coefficient (Wildman–Crippen LogP) is 0.720. The van der Waals surface area contributed by atoms with Gasteiger partial charge in [0.15, 0.2) is 0 Å². The van der Waals surface area contributed by atoms with Crippen molar-refractivity contribution in [2.45, 2.75) is 0 Å². The summed E-state index contributed by atoms with van der Waals surface area (Å²) in [7, 11) is 2.38. The van der Waals surface area contributed by atoms with Gasteiger partial charge in [-0.1, -0.05) is 0 Å². The number of aromatic nitrogens is 4. The van der Waals surface area contributed by atoms with Gasteiger partial charge in [-0.3, -0.25) is 0 Å². The van der Waals surface area contributed by atoms with Gasteiger partial charge in [0.1, 0.15) is 17.0 Å². The summed E-state index contributed by atoms with van der Waals surface area (Å²) >= 11 is 9.84. The van der Waals surface area contributed by atoms with Gasteiger partial charge >= 0.3 is 57.9 Å². The molecule has 0 aliphatic carbocycles. The van der Waals surface area contributed by atoms with E-state index in [1.807, 2.05) is 36.7 Å². The normalized spacial score (nSPS) is 8.88. The smallest absolute Gasteiger partial charge is 1.00 e. The van der Waals surface area contributed by atoms with Gasteiger partial charge in [-0.25, -0.2) is 9.97 Å². The second kappa shape index (κ2) is 14.6. The molecule has 0 aliphatic rings. The number of aromatic amines is 2. The number of halogens is 2. The van der Waals surface area contributed by atoms with Crippen LogP contribution in [-0.4, -0.2) is 34.2 Å². The van der Waals surface area contributed by atoms with E-state index in [-0.39, 0.29) is 29.6 Å². The van der Waals surface area contributed by atoms with Crippen LogP contribution >= 0.6 is 30.0 Å². The summed E-state index contributed by atoms with van der Waals surface area (Å²) in [5, 5.41) is 10.5. The largest absolute Gasteiger partial charge is 1.00 e. The number of ether oxygens (including phenoxy) is 1. The number of methoxy groups -OCH3 is 1. The molecule has 0 aliphatic heterocycles. The van der Waals surface area contributed by atoms with Gasteiger partial charge in [-0.2, -0.15) is 7.11 Å². The van der Waals surface area contributed by atoms with E-state index in [9.17, 15) is 0 Å². The Balaban J connectivity index is 0.000000393. The molecule has 0 bridgehead atoms. The second-order valence-electron chi connectivity index (χ2n) is 4.36. The molecule has 4 aromatic heterocycles. The van der Waals surface area contributed by atoms with Crippen LogP contribution in [0.5, 0.6) is 5.75 Å². The van der Waals surface area contributed by atoms with Crippen LogP contribution in [0, 0.1) is 0 Å². The molecule has 26 heavy (non-hydrogen) atoms. The van der Waals surface area contributed by atoms with Gasteiger partial charge in [0.25, 0.3) is 0 Å². The number of pyridine rings is 2. The Hall–Kier alpha value is -0.381. The predicted molar refractivity (Wildman–Crippen MR) is 101 cm³/mol. The van der Waals surface area contributed by atoms with Crippen molar-refractivity contribution >= 4 is 52.1 Å². The van der Waals surface area contributed by atoms with Crippen LogP contribution in [0.15, 0.2) is 53.5 Å². The molecule has 4 heterocycles. The minimum atomic E-state index is 0. The Bertz CT molecular complexity index is 889. The SMILES string of the molecule is Brc1cnc2[nH]ccc2c1.COc1cnc2[nH]ccc2c1.C[O-].[Cu][Br].[Na+]. The Morgan fingerprint density at radius 1 is 0.962 bits per heavy atom. The first-order valence-corrected chi connectivity index (χ1v) is 9.96. The average molecular weight is 543 g/mol. The zero-order valence-electron chi connectivity index (χ0n) is 14.4. The topological polar surface area (TPSA) is 89.7 Å². The minimum absolute atomic E-state index is 0. The summed E-state index contributed by atoms with van der Waals surface area (Å²) < 4.78 is 6.03. The summed E-state index contributed by atoms with van der Waals surface area (Å²) in [4.78, 5) is 14.3. The van der Waals surface area contributed by atoms with Crippen molar-refractivity contribution in [1.82, 2.24) is 19.9 Å². The molecule has 2 N–H and O–H groups in total. The number of nitrogens with zero attached hydrogens (tertiary/aromatic N) is 2. The third kappa shape index (κ3) is 7.70. The van der Waals surface area contributed by atoms with Crippen LogP contribution < -0.4 is 39.4 Å². The fourth-order valence-electron chi connectivity index (χ4n) is 1.94. The molecule has 0 aromatic carbocycles. The zero-order valence-corrected chi connectivity index (χ0v) is 20.5. The fourth-order valence-corrected chi connectivity index (χ4v) is 2.29. The van der Waals surface area contributed by atoms with Crippen LogP contribution in [0.3, 0.4) is 0 Å². The summed E-state index contributed by atoms with van der Waals surface area (Å²) in [6.07, 6.45) is 7.21. The number of hydrogen-bond donors (Lipinski definition) is 2. The van der Waals surface area contributed by atoms with Crippen LogP contribution in [0.1, 0.15) is 0 Å². The molecule has 0 unspecified atom stereocenters. The van der Waals surface area contributed by atoms with E-state index in [2.05, 4.69) is 64.2 Å². The van der Waals surface area contributed by atoms with Crippen molar-refractivity contribution < 1.29 is 53.6 Å². The van der Waals surface area contributed by atoms with Crippen LogP contribution in [0.2, 0.25) is 0 Å². The molecule has 0 spiro atoms. The first kappa shape index (κ1) is 25.6. The molecule has 4 rings (SSSR count). The fraction of sp³-hybridized carbons (Fsp3) is 0.125. The average Bonchev–Trinajstić information content (AvgIpc) is 3.33. The van der Waals surface area contributed by atoms with Gasteiger partial charge in [0, 0.05) is 33.8 Å². The first-order valence-electron chi connectivity index (χ1n) is 6.84. The Morgan fingerprint density at radius 2 is 1.46 bits per heavy atom. The Kier molecular flexibility index (Phi) is 14.4. The standard InChI is InChI=1S/C8H8N2O.C7H5BrN2.CH3O.BrH.Cu.Na/c1-11-7-4-6-2-3-9-8(6)10-5-7;8-6-3-5-1-2-9-7(5)10-4-6;1-2;;;/h2-5H,1H3,(H,9,10);1-4H,(H,9,10);1H3;1H;;/q;;-1;;2*+1/p-1. The van der Waals surface area contributed by atoms with Gasteiger partial charge in [-0.05, 0) is 40.2 Å². The molecule has 138 valence electrons. The number of fused-ring (bicyclic) bond motifs is 2. The van der Waals surface area contributed by atoms with Gasteiger partial charge in [0.2, 0.25) is 0 Å². The van der Waals surface area contributed by atoms with Crippen molar-refractivity contribution in [3.8, 4) is 5.75 Å². The van der Waals surface area contributed by atoms with E-state index in [1.54, 1.807) is 19.5 Å². The van der Waals surface area contributed by atoms with Crippen LogP contribution in [-0.2, 0) is 14.2 Å². The maximum absolute atomic E-state index is 8.25. The molecule has 0 atom stereocenters. The van der Waals surface area contributed by atoms with Gasteiger partial charge in [-0.15, -0.1) is 0 Å². The number of nitrogens with one attached hydrogen (secondary N) is 2. The molecule has 0 fully saturated rings. The molecule has 6 nitrogen and oxygen atoms in total. The van der Waals surface area contributed by atoms with Crippen LogP contribution in [0.25, 0.3) is 22.1 Å². The van der Waals surface area contributed by atoms with E-state index < -0.39 is 0 Å². The number of rotatable bonds is 1. The summed E-state index contributed by atoms with van der Waals surface area (Å²) in [5.41, 5.74) is 1.83. The maximum Gasteiger partial charge on any atom is 1.00 e. The van der Waals surface area contributed by atoms with Gasteiger partial charge in [0.05, 0.1) is 13.3 Å². The van der Waals surface area contributed by atoms with Crippen molar-refractivity contribution in [2.24, 2.45) is 0 Å². The third-order valence-electron chi connectivity index (χ3n) is 2.98. The Labute approximate surface area is 197 Å². The molecular formula is C16H16Br2CuN4NaO2. The number of hydrogen-bond acceptors (Lipinski definition) is 4. The molecule has 4 aromatic rings. The Morgan fingerprint density at radius 3 is 2.00 bits per heavy atom. The van der Waals surface area contributed by atoms with E-state index >= 15 is 0 Å². The van der Waals surface area contributed by atoms with E-state index in [1.165, 1.54) is 0 Å². The molecule has 10 heteroatoms. The molecule has 0 radical (unpaired) electrons. The van der Waals surface area contributed by atoms with Crippen molar-refractivity contribution in [3.05, 3.63) is 53.5 Å². The molecule has 0 saturated carbocycles. The maximum atomic E-state index is 8.25. The molecular weight excluding hydrogens is 527 g/mol. The zero-order chi connectivity index (χ0) is 18.7. The van der Waals surface area contributed by atoms with Crippen LogP contribution in [0.4, 0.5) is 0 Å². The monoisotopic (exact) mass is 540 g/mol. The van der Waals surface area contributed by atoms with Crippen molar-refractivity contribution in [1.29, 1.82) is 0 Å². The minimum Gasteiger partial charge on any atom is 1.00 e. The molecule has 0 amide bonds. The van der Waals surface area contributed by atoms with Crippen molar-refractivity contribution in [3.63, 3.8) is 0 Å². The summed E-state index contributed by atoms with van der Waals surface area (Å²) in [6.45, 7) is 0. The van der Waals surface area contributed by atoms with E-state index in [4.69, 9.17) is 9.84 Å². The summed E-state index contributed by atoms with van der Waals surface area (Å²) in [6, 6.07) is 7.93. The quantitative estimate of drug-likeness (QED) is 0.347. The number of H-pyrrole nitrogens is 2. The van der Waals surface area contributed by atoms with E-state index in [0.717, 1.165) is 39.4 Å². The van der Waals surface area contributed by atoms with E-state index in [0.29, 0.717) is 0 Å². The van der Waals surface area contributed by atoms with Crippen molar-refractivity contribution in [2.75, 3.05) is 14.2 Å². The summed E-state index contributed by atoms with van der Waals surface area (Å²) in [5.74, 6) is 0.789. The van der Waals surface area contributed by atoms with Gasteiger partial charge < -0.3 is 19.8 Å². The second-order valence-corrected chi connectivity index (χ2v) is 5.28. The first-order chi connectivity index (χ1) is 12.3. The molecule has 0 saturated heterocycles.